The smallest absolute Gasteiger partial charge is 0.341 e. The van der Waals surface area contributed by atoms with Gasteiger partial charge in [-0.3, -0.25) is 19.8 Å². The van der Waals surface area contributed by atoms with E-state index >= 15 is 0 Å². The standard InChI is InChI=1S/C25H24N2O6S/c1-5-6-17-10-16(12-20(32-4)22(17)33-13-21(28)29)11-18-23(30)26-25(34)27(24(18)31)19-8-7-14(2)9-15(19)3/h5,7-12H,1,6,13H2,2-4H3,(H,28,29)(H,26,30,34)/b18-11+. The second-order valence-electron chi connectivity index (χ2n) is 7.63. The number of carboxylic acids is 1. The van der Waals surface area contributed by atoms with Crippen LogP contribution in [0.1, 0.15) is 22.3 Å². The Bertz CT molecular complexity index is 1230. The Hall–Kier alpha value is -3.98. The lowest BCUT2D eigenvalue weighted by molar-refractivity contribution is -0.139. The number of aliphatic carboxylic acids is 1. The number of nitrogens with zero attached hydrogens (tertiary/aromatic N) is 1. The number of nitrogens with one attached hydrogen (secondary N) is 1. The first-order chi connectivity index (χ1) is 16.2. The molecular formula is C25H24N2O6S. The molecule has 1 saturated heterocycles. The van der Waals surface area contributed by atoms with Gasteiger partial charge in [-0.1, -0.05) is 23.8 Å². The van der Waals surface area contributed by atoms with E-state index < -0.39 is 24.4 Å². The van der Waals surface area contributed by atoms with Crippen LogP contribution >= 0.6 is 12.2 Å². The number of hydrogen-bond acceptors (Lipinski definition) is 6. The number of ether oxygens (including phenoxy) is 2. The van der Waals surface area contributed by atoms with Crippen molar-refractivity contribution in [3.63, 3.8) is 0 Å². The van der Waals surface area contributed by atoms with Gasteiger partial charge in [0, 0.05) is 5.56 Å². The lowest BCUT2D eigenvalue weighted by Crippen LogP contribution is -2.54. The van der Waals surface area contributed by atoms with Crippen molar-refractivity contribution in [3.8, 4) is 11.5 Å². The summed E-state index contributed by atoms with van der Waals surface area (Å²) in [5, 5.41) is 11.5. The Morgan fingerprint density at radius 2 is 1.97 bits per heavy atom. The van der Waals surface area contributed by atoms with E-state index in [4.69, 9.17) is 26.8 Å². The van der Waals surface area contributed by atoms with Crippen molar-refractivity contribution in [1.82, 2.24) is 5.32 Å². The summed E-state index contributed by atoms with van der Waals surface area (Å²) in [5.41, 5.74) is 3.41. The van der Waals surface area contributed by atoms with Gasteiger partial charge in [-0.2, -0.15) is 0 Å². The second kappa shape index (κ2) is 10.3. The van der Waals surface area contributed by atoms with Crippen LogP contribution in [0.5, 0.6) is 11.5 Å². The van der Waals surface area contributed by atoms with Gasteiger partial charge in [-0.15, -0.1) is 6.58 Å². The van der Waals surface area contributed by atoms with Gasteiger partial charge in [0.1, 0.15) is 5.57 Å². The molecule has 34 heavy (non-hydrogen) atoms. The van der Waals surface area contributed by atoms with Gasteiger partial charge in [0.2, 0.25) is 0 Å². The molecule has 1 heterocycles. The van der Waals surface area contributed by atoms with E-state index in [1.165, 1.54) is 18.1 Å². The van der Waals surface area contributed by atoms with E-state index in [1.54, 1.807) is 24.3 Å². The number of carbonyl (C=O) groups is 3. The Labute approximate surface area is 202 Å². The van der Waals surface area contributed by atoms with Crippen molar-refractivity contribution in [2.75, 3.05) is 18.6 Å². The monoisotopic (exact) mass is 480 g/mol. The molecule has 1 fully saturated rings. The third-order valence-corrected chi connectivity index (χ3v) is 5.37. The van der Waals surface area contributed by atoms with E-state index in [-0.39, 0.29) is 22.2 Å². The number of benzene rings is 2. The molecule has 176 valence electrons. The van der Waals surface area contributed by atoms with Gasteiger partial charge in [0.05, 0.1) is 12.8 Å². The zero-order valence-electron chi connectivity index (χ0n) is 19.0. The van der Waals surface area contributed by atoms with Crippen molar-refractivity contribution in [1.29, 1.82) is 0 Å². The molecule has 0 atom stereocenters. The molecule has 3 rings (SSSR count). The molecular weight excluding hydrogens is 456 g/mol. The maximum Gasteiger partial charge on any atom is 0.341 e. The maximum atomic E-state index is 13.4. The fourth-order valence-corrected chi connectivity index (χ4v) is 3.90. The predicted octanol–water partition coefficient (Wildman–Crippen LogP) is 3.34. The lowest BCUT2D eigenvalue weighted by Gasteiger charge is -2.30. The molecule has 2 amide bonds. The molecule has 0 aromatic heterocycles. The van der Waals surface area contributed by atoms with E-state index in [1.807, 2.05) is 26.0 Å². The number of methoxy groups -OCH3 is 1. The third-order valence-electron chi connectivity index (χ3n) is 5.08. The maximum absolute atomic E-state index is 13.4. The minimum absolute atomic E-state index is 0.00134. The van der Waals surface area contributed by atoms with E-state index in [0.717, 1.165) is 11.1 Å². The highest BCUT2D eigenvalue weighted by Crippen LogP contribution is 2.35. The zero-order valence-corrected chi connectivity index (χ0v) is 19.8. The van der Waals surface area contributed by atoms with Gasteiger partial charge in [-0.05, 0) is 67.9 Å². The summed E-state index contributed by atoms with van der Waals surface area (Å²) in [5.74, 6) is -1.80. The van der Waals surface area contributed by atoms with E-state index in [2.05, 4.69) is 11.9 Å². The molecule has 0 radical (unpaired) electrons. The van der Waals surface area contributed by atoms with Crippen LogP contribution in [0.25, 0.3) is 6.08 Å². The second-order valence-corrected chi connectivity index (χ2v) is 8.02. The van der Waals surface area contributed by atoms with Crippen LogP contribution in [0, 0.1) is 13.8 Å². The molecule has 0 spiro atoms. The molecule has 2 aromatic rings. The summed E-state index contributed by atoms with van der Waals surface area (Å²) >= 11 is 5.29. The van der Waals surface area contributed by atoms with Crippen LogP contribution in [-0.4, -0.2) is 41.7 Å². The fraction of sp³-hybridized carbons (Fsp3) is 0.200. The Balaban J connectivity index is 2.07. The normalized spacial score (nSPS) is 14.7. The van der Waals surface area contributed by atoms with Crippen molar-refractivity contribution < 1.29 is 29.0 Å². The van der Waals surface area contributed by atoms with Crippen molar-refractivity contribution in [2.24, 2.45) is 0 Å². The number of aryl methyl sites for hydroxylation is 2. The van der Waals surface area contributed by atoms with Crippen LogP contribution in [0.4, 0.5) is 5.69 Å². The Morgan fingerprint density at radius 1 is 1.24 bits per heavy atom. The number of carboxylic acid groups (broad SMARTS) is 1. The first-order valence-corrected chi connectivity index (χ1v) is 10.7. The van der Waals surface area contributed by atoms with Crippen LogP contribution in [-0.2, 0) is 20.8 Å². The summed E-state index contributed by atoms with van der Waals surface area (Å²) in [6, 6.07) is 8.81. The average Bonchev–Trinajstić information content (AvgIpc) is 2.77. The van der Waals surface area contributed by atoms with Crippen molar-refractivity contribution >= 4 is 46.9 Å². The summed E-state index contributed by atoms with van der Waals surface area (Å²) < 4.78 is 10.8. The molecule has 9 heteroatoms. The fourth-order valence-electron chi connectivity index (χ4n) is 3.62. The van der Waals surface area contributed by atoms with Crippen molar-refractivity contribution in [2.45, 2.75) is 20.3 Å². The first-order valence-electron chi connectivity index (χ1n) is 10.3. The molecule has 1 aliphatic heterocycles. The van der Waals surface area contributed by atoms with Crippen LogP contribution in [0.2, 0.25) is 0 Å². The largest absolute Gasteiger partial charge is 0.493 e. The van der Waals surface area contributed by atoms with E-state index in [0.29, 0.717) is 23.2 Å². The highest BCUT2D eigenvalue weighted by molar-refractivity contribution is 7.80. The molecule has 0 bridgehead atoms. The van der Waals surface area contributed by atoms with Crippen LogP contribution in [0.3, 0.4) is 0 Å². The number of rotatable bonds is 8. The molecule has 0 unspecified atom stereocenters. The SMILES string of the molecule is C=CCc1cc(/C=C2\C(=O)NC(=S)N(c3ccc(C)cc3C)C2=O)cc(OC)c1OCC(=O)O. The number of hydrogen-bond donors (Lipinski definition) is 2. The van der Waals surface area contributed by atoms with Crippen LogP contribution in [0.15, 0.2) is 48.6 Å². The average molecular weight is 481 g/mol. The molecule has 0 saturated carbocycles. The van der Waals surface area contributed by atoms with Crippen LogP contribution < -0.4 is 19.7 Å². The minimum atomic E-state index is -1.13. The summed E-state index contributed by atoms with van der Waals surface area (Å²) in [4.78, 5) is 38.3. The summed E-state index contributed by atoms with van der Waals surface area (Å²) in [6.45, 7) is 6.97. The summed E-state index contributed by atoms with van der Waals surface area (Å²) in [6.07, 6.45) is 3.41. The molecule has 8 nitrogen and oxygen atoms in total. The van der Waals surface area contributed by atoms with Gasteiger partial charge in [0.25, 0.3) is 11.8 Å². The number of thiocarbonyl (C=S) groups is 1. The molecule has 0 aliphatic carbocycles. The number of anilines is 1. The van der Waals surface area contributed by atoms with Gasteiger partial charge >= 0.3 is 5.97 Å². The predicted molar refractivity (Wildman–Crippen MR) is 132 cm³/mol. The van der Waals surface area contributed by atoms with E-state index in [9.17, 15) is 14.4 Å². The molecule has 1 aliphatic rings. The zero-order chi connectivity index (χ0) is 25.0. The minimum Gasteiger partial charge on any atom is -0.493 e. The highest BCUT2D eigenvalue weighted by atomic mass is 32.1. The topological polar surface area (TPSA) is 105 Å². The number of amides is 2. The Morgan fingerprint density at radius 3 is 2.59 bits per heavy atom. The Kier molecular flexibility index (Phi) is 7.47. The molecule has 2 N–H and O–H groups in total. The highest BCUT2D eigenvalue weighted by Gasteiger charge is 2.35. The van der Waals surface area contributed by atoms with Gasteiger partial charge in [0.15, 0.2) is 23.2 Å². The van der Waals surface area contributed by atoms with Gasteiger partial charge in [-0.25, -0.2) is 4.79 Å². The lowest BCUT2D eigenvalue weighted by atomic mass is 10.0. The molecule has 2 aromatic carbocycles. The van der Waals surface area contributed by atoms with Crippen molar-refractivity contribution in [3.05, 3.63) is 70.8 Å². The first kappa shape index (κ1) is 24.7. The number of carbonyl (C=O) groups excluding carboxylic acids is 2. The quantitative estimate of drug-likeness (QED) is 0.258. The number of allylic oxidation sites excluding steroid dienone is 1. The van der Waals surface area contributed by atoms with Gasteiger partial charge < -0.3 is 14.6 Å². The summed E-state index contributed by atoms with van der Waals surface area (Å²) in [7, 11) is 1.41. The third kappa shape index (κ3) is 5.15.